The van der Waals surface area contributed by atoms with Gasteiger partial charge in [-0.3, -0.25) is 9.59 Å². The monoisotopic (exact) mass is 238 g/mol. The Morgan fingerprint density at radius 3 is 2.47 bits per heavy atom. The van der Waals surface area contributed by atoms with Gasteiger partial charge in [-0.2, -0.15) is 0 Å². The van der Waals surface area contributed by atoms with Crippen LogP contribution in [0.25, 0.3) is 0 Å². The molecule has 0 spiro atoms. The van der Waals surface area contributed by atoms with E-state index >= 15 is 0 Å². The zero-order chi connectivity index (χ0) is 12.7. The molecule has 0 fully saturated rings. The van der Waals surface area contributed by atoms with E-state index in [1.165, 1.54) is 6.92 Å². The Morgan fingerprint density at radius 1 is 1.29 bits per heavy atom. The van der Waals surface area contributed by atoms with Crippen molar-refractivity contribution in [3.05, 3.63) is 30.3 Å². The van der Waals surface area contributed by atoms with Crippen molar-refractivity contribution >= 4 is 11.9 Å². The van der Waals surface area contributed by atoms with Crippen molar-refractivity contribution in [2.75, 3.05) is 6.61 Å². The van der Waals surface area contributed by atoms with Crippen LogP contribution >= 0.6 is 0 Å². The molecule has 0 amide bonds. The molecule has 0 aliphatic carbocycles. The van der Waals surface area contributed by atoms with E-state index < -0.39 is 18.0 Å². The van der Waals surface area contributed by atoms with E-state index in [1.54, 1.807) is 24.3 Å². The molecule has 0 heterocycles. The molecule has 0 saturated heterocycles. The van der Waals surface area contributed by atoms with Crippen LogP contribution in [0.1, 0.15) is 13.3 Å². The molecule has 0 aliphatic heterocycles. The van der Waals surface area contributed by atoms with Crippen LogP contribution in [0, 0.1) is 0 Å². The van der Waals surface area contributed by atoms with Gasteiger partial charge in [0.2, 0.25) is 0 Å². The van der Waals surface area contributed by atoms with E-state index in [1.807, 2.05) is 6.07 Å². The van der Waals surface area contributed by atoms with Gasteiger partial charge in [0.05, 0.1) is 6.42 Å². The number of hydrogen-bond acceptors (Lipinski definition) is 4. The molecule has 1 aromatic rings. The standard InChI is InChI=1S/C12H14O5/c1-9(13)17-11(7-12(14)15)8-16-10-5-3-2-4-6-10/h2-6,11H,7-8H2,1H3,(H,14,15). The third kappa shape index (κ3) is 5.55. The molecule has 0 bridgehead atoms. The second-order valence-electron chi connectivity index (χ2n) is 3.45. The first-order chi connectivity index (χ1) is 8.08. The predicted octanol–water partition coefficient (Wildman–Crippen LogP) is 1.47. The fraction of sp³-hybridized carbons (Fsp3) is 0.333. The lowest BCUT2D eigenvalue weighted by atomic mass is 10.2. The molecule has 5 heteroatoms. The molecule has 17 heavy (non-hydrogen) atoms. The van der Waals surface area contributed by atoms with Crippen molar-refractivity contribution in [3.8, 4) is 5.75 Å². The Hall–Kier alpha value is -2.04. The highest BCUT2D eigenvalue weighted by Crippen LogP contribution is 2.10. The van der Waals surface area contributed by atoms with Gasteiger partial charge in [-0.15, -0.1) is 0 Å². The number of aliphatic carboxylic acids is 1. The topological polar surface area (TPSA) is 72.8 Å². The van der Waals surface area contributed by atoms with E-state index in [0.29, 0.717) is 5.75 Å². The molecule has 5 nitrogen and oxygen atoms in total. The number of carbonyl (C=O) groups is 2. The zero-order valence-electron chi connectivity index (χ0n) is 9.46. The number of para-hydroxylation sites is 1. The summed E-state index contributed by atoms with van der Waals surface area (Å²) in [6, 6.07) is 8.92. The molecule has 92 valence electrons. The number of hydrogen-bond donors (Lipinski definition) is 1. The van der Waals surface area contributed by atoms with E-state index in [4.69, 9.17) is 14.6 Å². The first-order valence-electron chi connectivity index (χ1n) is 5.15. The van der Waals surface area contributed by atoms with Gasteiger partial charge in [0.1, 0.15) is 18.5 Å². The second kappa shape index (κ2) is 6.52. The first-order valence-corrected chi connectivity index (χ1v) is 5.15. The summed E-state index contributed by atoms with van der Waals surface area (Å²) in [4.78, 5) is 21.3. The molecule has 0 aromatic heterocycles. The maximum absolute atomic E-state index is 10.8. The Balaban J connectivity index is 2.48. The van der Waals surface area contributed by atoms with Crippen molar-refractivity contribution in [3.63, 3.8) is 0 Å². The normalized spacial score (nSPS) is 11.6. The van der Waals surface area contributed by atoms with Crippen molar-refractivity contribution in [1.82, 2.24) is 0 Å². The summed E-state index contributed by atoms with van der Waals surface area (Å²) in [6.07, 6.45) is -1.04. The Labute approximate surface area is 99.0 Å². The van der Waals surface area contributed by atoms with Crippen molar-refractivity contribution in [2.45, 2.75) is 19.4 Å². The minimum Gasteiger partial charge on any atom is -0.490 e. The molecule has 1 unspecified atom stereocenters. The minimum absolute atomic E-state index is 0.0237. The van der Waals surface area contributed by atoms with Crippen molar-refractivity contribution < 1.29 is 24.2 Å². The van der Waals surface area contributed by atoms with Crippen LogP contribution in [0.2, 0.25) is 0 Å². The number of ether oxygens (including phenoxy) is 2. The van der Waals surface area contributed by atoms with Gasteiger partial charge >= 0.3 is 11.9 Å². The second-order valence-corrected chi connectivity index (χ2v) is 3.45. The lowest BCUT2D eigenvalue weighted by molar-refractivity contribution is -0.152. The first kappa shape index (κ1) is 13.0. The quantitative estimate of drug-likeness (QED) is 0.760. The summed E-state index contributed by atoms with van der Waals surface area (Å²) in [5, 5.41) is 8.65. The van der Waals surface area contributed by atoms with E-state index in [-0.39, 0.29) is 13.0 Å². The number of esters is 1. The maximum atomic E-state index is 10.8. The van der Waals surface area contributed by atoms with Gasteiger partial charge in [0.15, 0.2) is 0 Å². The van der Waals surface area contributed by atoms with Gasteiger partial charge in [0, 0.05) is 6.92 Å². The number of carboxylic acids is 1. The fourth-order valence-corrected chi connectivity index (χ4v) is 1.27. The highest BCUT2D eigenvalue weighted by molar-refractivity contribution is 5.69. The largest absolute Gasteiger partial charge is 0.490 e. The summed E-state index contributed by atoms with van der Waals surface area (Å²) in [7, 11) is 0. The van der Waals surface area contributed by atoms with Gasteiger partial charge in [-0.25, -0.2) is 0 Å². The summed E-state index contributed by atoms with van der Waals surface area (Å²) < 4.78 is 10.2. The van der Waals surface area contributed by atoms with Crippen LogP contribution < -0.4 is 4.74 Å². The van der Waals surface area contributed by atoms with Crippen LogP contribution in [0.4, 0.5) is 0 Å². The zero-order valence-corrected chi connectivity index (χ0v) is 9.46. The van der Waals surface area contributed by atoms with Gasteiger partial charge in [-0.1, -0.05) is 18.2 Å². The molecular formula is C12H14O5. The summed E-state index contributed by atoms with van der Waals surface area (Å²) in [6.45, 7) is 1.26. The number of rotatable bonds is 6. The van der Waals surface area contributed by atoms with Crippen LogP contribution in [0.3, 0.4) is 0 Å². The minimum atomic E-state index is -1.03. The fourth-order valence-electron chi connectivity index (χ4n) is 1.27. The highest BCUT2D eigenvalue weighted by atomic mass is 16.6. The lowest BCUT2D eigenvalue weighted by Gasteiger charge is -2.15. The Morgan fingerprint density at radius 2 is 1.94 bits per heavy atom. The molecule has 1 rings (SSSR count). The molecule has 1 aromatic carbocycles. The molecule has 0 saturated carbocycles. The predicted molar refractivity (Wildman–Crippen MR) is 59.7 cm³/mol. The van der Waals surface area contributed by atoms with Gasteiger partial charge in [-0.05, 0) is 12.1 Å². The smallest absolute Gasteiger partial charge is 0.307 e. The molecule has 0 radical (unpaired) electrons. The lowest BCUT2D eigenvalue weighted by Crippen LogP contribution is -2.26. The molecule has 0 aliphatic rings. The van der Waals surface area contributed by atoms with Crippen molar-refractivity contribution in [2.24, 2.45) is 0 Å². The molecule has 1 atom stereocenters. The Kier molecular flexibility index (Phi) is 5.00. The van der Waals surface area contributed by atoms with Crippen LogP contribution in [0.15, 0.2) is 30.3 Å². The van der Waals surface area contributed by atoms with Gasteiger partial charge < -0.3 is 14.6 Å². The summed E-state index contributed by atoms with van der Waals surface area (Å²) in [5.41, 5.74) is 0. The number of carboxylic acid groups (broad SMARTS) is 1. The molecular weight excluding hydrogens is 224 g/mol. The third-order valence-electron chi connectivity index (χ3n) is 1.91. The van der Waals surface area contributed by atoms with Crippen LogP contribution in [-0.2, 0) is 14.3 Å². The van der Waals surface area contributed by atoms with Crippen LogP contribution in [-0.4, -0.2) is 29.8 Å². The van der Waals surface area contributed by atoms with E-state index in [0.717, 1.165) is 0 Å². The SMILES string of the molecule is CC(=O)OC(COc1ccccc1)CC(=O)O. The van der Waals surface area contributed by atoms with Gasteiger partial charge in [0.25, 0.3) is 0 Å². The summed E-state index contributed by atoms with van der Waals surface area (Å²) in [5.74, 6) is -0.948. The number of carbonyl (C=O) groups excluding carboxylic acids is 1. The third-order valence-corrected chi connectivity index (χ3v) is 1.91. The Bertz CT molecular complexity index is 358. The summed E-state index contributed by atoms with van der Waals surface area (Å²) >= 11 is 0. The maximum Gasteiger partial charge on any atom is 0.307 e. The average molecular weight is 238 g/mol. The van der Waals surface area contributed by atoms with E-state index in [2.05, 4.69) is 0 Å². The molecule has 1 N–H and O–H groups in total. The van der Waals surface area contributed by atoms with Crippen LogP contribution in [0.5, 0.6) is 5.75 Å². The number of benzene rings is 1. The van der Waals surface area contributed by atoms with E-state index in [9.17, 15) is 9.59 Å². The highest BCUT2D eigenvalue weighted by Gasteiger charge is 2.17. The average Bonchev–Trinajstić information content (AvgIpc) is 2.26. The van der Waals surface area contributed by atoms with Crippen molar-refractivity contribution in [1.29, 1.82) is 0 Å².